The highest BCUT2D eigenvalue weighted by atomic mass is 35.5. The van der Waals surface area contributed by atoms with Crippen LogP contribution in [0.25, 0.3) is 0 Å². The summed E-state index contributed by atoms with van der Waals surface area (Å²) in [5, 5.41) is 6.41. The van der Waals surface area contributed by atoms with Crippen molar-refractivity contribution in [2.24, 2.45) is 5.92 Å². The number of rotatable bonds is 5. The third-order valence-corrected chi connectivity index (χ3v) is 5.47. The Morgan fingerprint density at radius 3 is 2.28 bits per heavy atom. The van der Waals surface area contributed by atoms with Gasteiger partial charge in [0.05, 0.1) is 11.9 Å². The first kappa shape index (κ1) is 21.6. The first-order chi connectivity index (χ1) is 15.6. The van der Waals surface area contributed by atoms with Gasteiger partial charge in [0, 0.05) is 35.8 Å². The zero-order valence-corrected chi connectivity index (χ0v) is 18.1. The molecule has 8 heteroatoms. The summed E-state index contributed by atoms with van der Waals surface area (Å²) in [4.78, 5) is 31.0. The van der Waals surface area contributed by atoms with Gasteiger partial charge >= 0.3 is 6.03 Å². The number of piperidine rings is 1. The quantitative estimate of drug-likeness (QED) is 0.544. The van der Waals surface area contributed by atoms with Gasteiger partial charge in [-0.05, 0) is 55.3 Å². The number of hydrogen-bond acceptors (Lipinski definition) is 4. The van der Waals surface area contributed by atoms with Crippen LogP contribution in [0, 0.1) is 5.92 Å². The molecule has 0 aliphatic carbocycles. The number of carbonyl (C=O) groups is 2. The van der Waals surface area contributed by atoms with E-state index in [1.54, 1.807) is 47.5 Å². The molecule has 4 rings (SSSR count). The summed E-state index contributed by atoms with van der Waals surface area (Å²) in [5.74, 6) is 0.826. The molecule has 0 unspecified atom stereocenters. The summed E-state index contributed by atoms with van der Waals surface area (Å²) in [5.41, 5.74) is 1.36. The van der Waals surface area contributed by atoms with Crippen LogP contribution < -0.4 is 15.4 Å². The molecule has 0 saturated carbocycles. The number of halogens is 1. The molecule has 1 saturated heterocycles. The monoisotopic (exact) mass is 450 g/mol. The Labute approximate surface area is 191 Å². The third kappa shape index (κ3) is 5.76. The van der Waals surface area contributed by atoms with Crippen LogP contribution in [0.5, 0.6) is 11.6 Å². The molecule has 1 aliphatic heterocycles. The second-order valence-electron chi connectivity index (χ2n) is 7.49. The third-order valence-electron chi connectivity index (χ3n) is 5.22. The Kier molecular flexibility index (Phi) is 6.87. The number of amides is 3. The topological polar surface area (TPSA) is 83.6 Å². The van der Waals surface area contributed by atoms with Crippen LogP contribution in [0.15, 0.2) is 72.9 Å². The van der Waals surface area contributed by atoms with Crippen molar-refractivity contribution in [3.8, 4) is 11.6 Å². The fraction of sp³-hybridized carbons (Fsp3) is 0.208. The fourth-order valence-electron chi connectivity index (χ4n) is 3.45. The molecule has 1 aromatic heterocycles. The van der Waals surface area contributed by atoms with Crippen LogP contribution >= 0.6 is 11.6 Å². The number of hydrogen-bond donors (Lipinski definition) is 2. The van der Waals surface area contributed by atoms with Crippen molar-refractivity contribution < 1.29 is 14.3 Å². The van der Waals surface area contributed by atoms with Crippen LogP contribution in [-0.4, -0.2) is 34.9 Å². The van der Waals surface area contributed by atoms with Crippen LogP contribution in [0.3, 0.4) is 0 Å². The van der Waals surface area contributed by atoms with E-state index in [1.807, 2.05) is 30.3 Å². The van der Waals surface area contributed by atoms with Crippen molar-refractivity contribution >= 4 is 34.9 Å². The van der Waals surface area contributed by atoms with Crippen LogP contribution in [0.1, 0.15) is 12.8 Å². The van der Waals surface area contributed by atoms with E-state index in [4.69, 9.17) is 16.3 Å². The summed E-state index contributed by atoms with van der Waals surface area (Å²) in [6.45, 7) is 1.06. The molecule has 3 amide bonds. The zero-order valence-electron chi connectivity index (χ0n) is 17.3. The molecule has 0 spiro atoms. The molecule has 7 nitrogen and oxygen atoms in total. The molecule has 2 N–H and O–H groups in total. The van der Waals surface area contributed by atoms with Crippen molar-refractivity contribution in [2.75, 3.05) is 23.7 Å². The number of benzene rings is 2. The molecule has 164 valence electrons. The second-order valence-corrected chi connectivity index (χ2v) is 7.92. The number of nitrogens with zero attached hydrogens (tertiary/aromatic N) is 2. The number of urea groups is 1. The highest BCUT2D eigenvalue weighted by Crippen LogP contribution is 2.24. The van der Waals surface area contributed by atoms with Crippen LogP contribution in [0.2, 0.25) is 5.02 Å². The van der Waals surface area contributed by atoms with Crippen molar-refractivity contribution in [1.29, 1.82) is 0 Å². The number of ether oxygens (including phenoxy) is 1. The lowest BCUT2D eigenvalue weighted by molar-refractivity contribution is -0.121. The number of nitrogens with one attached hydrogen (secondary N) is 2. The van der Waals surface area contributed by atoms with Gasteiger partial charge in [-0.25, -0.2) is 9.78 Å². The maximum atomic E-state index is 12.6. The molecule has 0 atom stereocenters. The van der Waals surface area contributed by atoms with E-state index >= 15 is 0 Å². The molecular weight excluding hydrogens is 428 g/mol. The van der Waals surface area contributed by atoms with Gasteiger partial charge in [0.1, 0.15) is 5.75 Å². The van der Waals surface area contributed by atoms with Gasteiger partial charge in [-0.15, -0.1) is 0 Å². The van der Waals surface area contributed by atoms with Gasteiger partial charge in [-0.3, -0.25) is 4.79 Å². The van der Waals surface area contributed by atoms with Gasteiger partial charge in [0.2, 0.25) is 11.8 Å². The molecule has 1 aliphatic rings. The maximum absolute atomic E-state index is 12.6. The number of likely N-dealkylation sites (tertiary alicyclic amines) is 1. The van der Waals surface area contributed by atoms with E-state index in [2.05, 4.69) is 15.6 Å². The number of aromatic nitrogens is 1. The lowest BCUT2D eigenvalue weighted by Gasteiger charge is -2.31. The summed E-state index contributed by atoms with van der Waals surface area (Å²) < 4.78 is 5.66. The Bertz CT molecular complexity index is 1050. The number of carbonyl (C=O) groups excluding carboxylic acids is 2. The van der Waals surface area contributed by atoms with Gasteiger partial charge < -0.3 is 20.3 Å². The standard InChI is InChI=1S/C24H23ClN4O3/c25-18-6-9-21(10-7-18)32-22-11-8-20(16-26-22)27-23(30)17-12-14-29(15-13-17)24(31)28-19-4-2-1-3-5-19/h1-11,16-17H,12-15H2,(H,27,30)(H,28,31). The van der Waals surface area contributed by atoms with E-state index in [-0.39, 0.29) is 17.9 Å². The van der Waals surface area contributed by atoms with Crippen molar-refractivity contribution in [3.05, 3.63) is 77.9 Å². The fourth-order valence-corrected chi connectivity index (χ4v) is 3.58. The summed E-state index contributed by atoms with van der Waals surface area (Å²) in [6.07, 6.45) is 2.78. The SMILES string of the molecule is O=C(Nc1ccc(Oc2ccc(Cl)cc2)nc1)C1CCN(C(=O)Nc2ccccc2)CC1. The van der Waals surface area contributed by atoms with E-state index < -0.39 is 0 Å². The highest BCUT2D eigenvalue weighted by Gasteiger charge is 2.27. The molecule has 0 radical (unpaired) electrons. The highest BCUT2D eigenvalue weighted by molar-refractivity contribution is 6.30. The van der Waals surface area contributed by atoms with E-state index in [1.165, 1.54) is 0 Å². The molecule has 32 heavy (non-hydrogen) atoms. The van der Waals surface area contributed by atoms with Crippen molar-refractivity contribution in [2.45, 2.75) is 12.8 Å². The summed E-state index contributed by atoms with van der Waals surface area (Å²) in [7, 11) is 0. The lowest BCUT2D eigenvalue weighted by Crippen LogP contribution is -2.43. The predicted octanol–water partition coefficient (Wildman–Crippen LogP) is 5.41. The van der Waals surface area contributed by atoms with E-state index in [9.17, 15) is 9.59 Å². The Balaban J connectivity index is 1.24. The normalized spacial score (nSPS) is 14.0. The lowest BCUT2D eigenvalue weighted by atomic mass is 9.96. The Hall–Kier alpha value is -3.58. The van der Waals surface area contributed by atoms with E-state index in [0.717, 1.165) is 5.69 Å². The number of anilines is 2. The van der Waals surface area contributed by atoms with Gasteiger partial charge in [-0.1, -0.05) is 29.8 Å². The predicted molar refractivity (Wildman–Crippen MR) is 124 cm³/mol. The first-order valence-electron chi connectivity index (χ1n) is 10.4. The van der Waals surface area contributed by atoms with Crippen molar-refractivity contribution in [3.63, 3.8) is 0 Å². The Morgan fingerprint density at radius 2 is 1.62 bits per heavy atom. The van der Waals surface area contributed by atoms with Gasteiger partial charge in [0.25, 0.3) is 0 Å². The number of para-hydroxylation sites is 1. The molecule has 2 heterocycles. The van der Waals surface area contributed by atoms with Gasteiger partial charge in [0.15, 0.2) is 0 Å². The minimum absolute atomic E-state index is 0.0683. The first-order valence-corrected chi connectivity index (χ1v) is 10.8. The largest absolute Gasteiger partial charge is 0.439 e. The molecular formula is C24H23ClN4O3. The summed E-state index contributed by atoms with van der Waals surface area (Å²) in [6, 6.07) is 19.6. The van der Waals surface area contributed by atoms with Crippen molar-refractivity contribution in [1.82, 2.24) is 9.88 Å². The molecule has 0 bridgehead atoms. The maximum Gasteiger partial charge on any atom is 0.321 e. The molecule has 1 fully saturated rings. The smallest absolute Gasteiger partial charge is 0.321 e. The average molecular weight is 451 g/mol. The number of pyridine rings is 1. The second kappa shape index (κ2) is 10.2. The average Bonchev–Trinajstić information content (AvgIpc) is 2.82. The van der Waals surface area contributed by atoms with Gasteiger partial charge in [-0.2, -0.15) is 0 Å². The van der Waals surface area contributed by atoms with E-state index in [0.29, 0.717) is 48.3 Å². The van der Waals surface area contributed by atoms with Crippen LogP contribution in [0.4, 0.5) is 16.2 Å². The summed E-state index contributed by atoms with van der Waals surface area (Å²) >= 11 is 5.87. The molecule has 2 aromatic carbocycles. The minimum atomic E-state index is -0.152. The molecule has 3 aromatic rings. The minimum Gasteiger partial charge on any atom is -0.439 e. The zero-order chi connectivity index (χ0) is 22.3. The van der Waals surface area contributed by atoms with Crippen LogP contribution in [-0.2, 0) is 4.79 Å². The Morgan fingerprint density at radius 1 is 0.906 bits per heavy atom.